The molecule has 1 spiro atoms. The number of carbonyl (C=O) groups excluding carboxylic acids is 3. The lowest BCUT2D eigenvalue weighted by atomic mass is 9.82. The summed E-state index contributed by atoms with van der Waals surface area (Å²) in [5.41, 5.74) is 2.25. The Morgan fingerprint density at radius 2 is 1.90 bits per heavy atom. The molecule has 4 rings (SSSR count). The number of carbonyl (C=O) groups is 3. The van der Waals surface area contributed by atoms with Gasteiger partial charge in [-0.3, -0.25) is 19.4 Å². The van der Waals surface area contributed by atoms with Gasteiger partial charge in [0.1, 0.15) is 5.54 Å². The van der Waals surface area contributed by atoms with Crippen molar-refractivity contribution < 1.29 is 14.4 Å². The normalized spacial score (nSPS) is 21.4. The smallest absolute Gasteiger partial charge is 0.325 e. The molecule has 2 aliphatic heterocycles. The van der Waals surface area contributed by atoms with Crippen LogP contribution in [0.3, 0.4) is 0 Å². The summed E-state index contributed by atoms with van der Waals surface area (Å²) in [6, 6.07) is 5.83. The van der Waals surface area contributed by atoms with E-state index in [-0.39, 0.29) is 30.8 Å². The van der Waals surface area contributed by atoms with Crippen molar-refractivity contribution in [2.75, 3.05) is 36.5 Å². The fourth-order valence-corrected chi connectivity index (χ4v) is 5.70. The van der Waals surface area contributed by atoms with Gasteiger partial charge in [0, 0.05) is 49.8 Å². The molecule has 168 valence electrons. The van der Waals surface area contributed by atoms with Gasteiger partial charge < -0.3 is 10.6 Å². The predicted molar refractivity (Wildman–Crippen MR) is 123 cm³/mol. The van der Waals surface area contributed by atoms with Crippen LogP contribution in [0.5, 0.6) is 0 Å². The molecule has 8 heteroatoms. The third-order valence-electron chi connectivity index (χ3n) is 6.60. The second-order valence-corrected chi connectivity index (χ2v) is 10.1. The first-order chi connectivity index (χ1) is 15.0. The lowest BCUT2D eigenvalue weighted by Crippen LogP contribution is -2.48. The molecule has 0 bridgehead atoms. The second kappa shape index (κ2) is 9.61. The van der Waals surface area contributed by atoms with E-state index in [1.54, 1.807) is 0 Å². The topological polar surface area (TPSA) is 81.8 Å². The molecule has 7 nitrogen and oxygen atoms in total. The third-order valence-corrected chi connectivity index (χ3v) is 7.54. The highest BCUT2D eigenvalue weighted by Crippen LogP contribution is 2.33. The van der Waals surface area contributed by atoms with Crippen molar-refractivity contribution in [1.82, 2.24) is 15.1 Å². The molecule has 1 aromatic carbocycles. The van der Waals surface area contributed by atoms with Crippen LogP contribution in [0.1, 0.15) is 49.7 Å². The summed E-state index contributed by atoms with van der Waals surface area (Å²) in [6.07, 6.45) is 4.49. The van der Waals surface area contributed by atoms with Crippen LogP contribution in [0.15, 0.2) is 18.2 Å². The van der Waals surface area contributed by atoms with Crippen LogP contribution < -0.4 is 10.6 Å². The van der Waals surface area contributed by atoms with Crippen LogP contribution in [0.2, 0.25) is 0 Å². The van der Waals surface area contributed by atoms with Gasteiger partial charge in [0.2, 0.25) is 5.91 Å². The molecule has 3 fully saturated rings. The molecule has 31 heavy (non-hydrogen) atoms. The maximum absolute atomic E-state index is 12.9. The van der Waals surface area contributed by atoms with Gasteiger partial charge in [-0.1, -0.05) is 31.4 Å². The monoisotopic (exact) mass is 444 g/mol. The van der Waals surface area contributed by atoms with Gasteiger partial charge in [-0.15, -0.1) is 0 Å². The first kappa shape index (κ1) is 22.1. The van der Waals surface area contributed by atoms with Crippen molar-refractivity contribution in [1.29, 1.82) is 0 Å². The van der Waals surface area contributed by atoms with E-state index in [4.69, 9.17) is 0 Å². The Kier molecular flexibility index (Phi) is 6.86. The fourth-order valence-electron chi connectivity index (χ4n) is 4.72. The minimum atomic E-state index is -0.732. The Morgan fingerprint density at radius 3 is 2.65 bits per heavy atom. The zero-order chi connectivity index (χ0) is 21.8. The highest BCUT2D eigenvalue weighted by atomic mass is 32.2. The molecule has 4 amide bonds. The molecule has 0 radical (unpaired) electrons. The first-order valence-corrected chi connectivity index (χ1v) is 12.5. The van der Waals surface area contributed by atoms with E-state index in [2.05, 4.69) is 21.6 Å². The van der Waals surface area contributed by atoms with Gasteiger partial charge in [-0.05, 0) is 37.0 Å². The van der Waals surface area contributed by atoms with E-state index >= 15 is 0 Å². The summed E-state index contributed by atoms with van der Waals surface area (Å²) < 4.78 is 0. The Bertz CT molecular complexity index is 847. The predicted octanol–water partition coefficient (Wildman–Crippen LogP) is 3.13. The van der Waals surface area contributed by atoms with Crippen LogP contribution >= 0.6 is 11.8 Å². The van der Waals surface area contributed by atoms with E-state index in [1.165, 1.54) is 22.0 Å². The van der Waals surface area contributed by atoms with E-state index in [0.29, 0.717) is 12.8 Å². The number of aryl methyl sites for hydroxylation is 1. The summed E-state index contributed by atoms with van der Waals surface area (Å²) in [5.74, 6) is 1.99. The van der Waals surface area contributed by atoms with Crippen molar-refractivity contribution in [3.8, 4) is 0 Å². The van der Waals surface area contributed by atoms with Gasteiger partial charge in [0.05, 0.1) is 0 Å². The minimum absolute atomic E-state index is 0.0995. The van der Waals surface area contributed by atoms with Crippen LogP contribution in [-0.2, 0) is 16.1 Å². The highest BCUT2D eigenvalue weighted by Gasteiger charge is 2.51. The van der Waals surface area contributed by atoms with E-state index in [9.17, 15) is 14.4 Å². The summed E-state index contributed by atoms with van der Waals surface area (Å²) >= 11 is 1.99. The zero-order valence-electron chi connectivity index (χ0n) is 18.2. The molecule has 2 heterocycles. The molecule has 0 unspecified atom stereocenters. The molecule has 2 saturated heterocycles. The molecule has 1 aliphatic carbocycles. The number of nitrogens with one attached hydrogen (secondary N) is 2. The Balaban J connectivity index is 1.33. The van der Waals surface area contributed by atoms with Crippen molar-refractivity contribution >= 4 is 35.3 Å². The number of thioether (sulfide) groups is 1. The number of rotatable bonds is 6. The van der Waals surface area contributed by atoms with Crippen LogP contribution in [0.4, 0.5) is 10.5 Å². The van der Waals surface area contributed by atoms with E-state index < -0.39 is 5.54 Å². The zero-order valence-corrected chi connectivity index (χ0v) is 19.1. The minimum Gasteiger partial charge on any atom is -0.326 e. The van der Waals surface area contributed by atoms with Gasteiger partial charge in [0.15, 0.2) is 0 Å². The largest absolute Gasteiger partial charge is 0.326 e. The van der Waals surface area contributed by atoms with Gasteiger partial charge in [0.25, 0.3) is 5.91 Å². The van der Waals surface area contributed by atoms with Gasteiger partial charge >= 0.3 is 6.03 Å². The summed E-state index contributed by atoms with van der Waals surface area (Å²) in [4.78, 5) is 41.5. The van der Waals surface area contributed by atoms with Crippen molar-refractivity contribution in [2.24, 2.45) is 0 Å². The lowest BCUT2D eigenvalue weighted by Gasteiger charge is -2.30. The number of benzene rings is 1. The second-order valence-electron chi connectivity index (χ2n) is 8.87. The third kappa shape index (κ3) is 5.06. The average Bonchev–Trinajstić information content (AvgIpc) is 2.99. The molecule has 2 N–H and O–H groups in total. The molecule has 3 aliphatic rings. The van der Waals surface area contributed by atoms with Crippen molar-refractivity contribution in [2.45, 2.75) is 57.5 Å². The number of nitrogens with zero attached hydrogens (tertiary/aromatic N) is 2. The maximum Gasteiger partial charge on any atom is 0.325 e. The maximum atomic E-state index is 12.9. The lowest BCUT2D eigenvalue weighted by molar-refractivity contribution is -0.132. The van der Waals surface area contributed by atoms with Crippen LogP contribution in [0, 0.1) is 6.92 Å². The Morgan fingerprint density at radius 1 is 1.16 bits per heavy atom. The number of imide groups is 1. The molecule has 0 aromatic heterocycles. The van der Waals surface area contributed by atoms with Crippen molar-refractivity contribution in [3.05, 3.63) is 29.3 Å². The highest BCUT2D eigenvalue weighted by molar-refractivity contribution is 7.99. The standard InChI is InChI=1S/C23H32N4O3S/c1-17-5-6-18(16-26-11-13-31-14-12-26)15-19(17)24-20(28)7-10-27-21(29)23(25-22(27)30)8-3-2-4-9-23/h5-6,15H,2-4,7-14,16H2,1H3,(H,24,28)(H,25,30). The molecule has 1 saturated carbocycles. The molecule has 1 aromatic rings. The van der Waals surface area contributed by atoms with Gasteiger partial charge in [-0.2, -0.15) is 11.8 Å². The van der Waals surface area contributed by atoms with Crippen LogP contribution in [0.25, 0.3) is 0 Å². The Hall–Kier alpha value is -2.06. The van der Waals surface area contributed by atoms with Crippen molar-refractivity contribution in [3.63, 3.8) is 0 Å². The number of hydrogen-bond acceptors (Lipinski definition) is 5. The van der Waals surface area contributed by atoms with Gasteiger partial charge in [-0.25, -0.2) is 4.79 Å². The Labute approximate surface area is 188 Å². The number of hydrogen-bond donors (Lipinski definition) is 2. The fraction of sp³-hybridized carbons (Fsp3) is 0.609. The SMILES string of the molecule is Cc1ccc(CN2CCSCC2)cc1NC(=O)CCN1C(=O)NC2(CCCCC2)C1=O. The van der Waals surface area contributed by atoms with Crippen LogP contribution in [-0.4, -0.2) is 64.3 Å². The molecular formula is C23H32N4O3S. The first-order valence-electron chi connectivity index (χ1n) is 11.3. The quantitative estimate of drug-likeness (QED) is 0.659. The number of anilines is 1. The van der Waals surface area contributed by atoms with E-state index in [1.807, 2.05) is 30.8 Å². The number of urea groups is 1. The molecular weight excluding hydrogens is 412 g/mol. The number of amides is 4. The summed E-state index contributed by atoms with van der Waals surface area (Å²) in [7, 11) is 0. The summed E-state index contributed by atoms with van der Waals surface area (Å²) in [5, 5.41) is 5.88. The average molecular weight is 445 g/mol. The molecule has 0 atom stereocenters. The summed E-state index contributed by atoms with van der Waals surface area (Å²) in [6.45, 7) is 5.15. The van der Waals surface area contributed by atoms with E-state index in [0.717, 1.165) is 50.1 Å².